The fraction of sp³-hybridized carbons (Fsp3) is 0.250. The van der Waals surface area contributed by atoms with Gasteiger partial charge in [-0.05, 0) is 38.0 Å². The molecule has 3 rings (SSSR count). The first-order valence-electron chi connectivity index (χ1n) is 8.61. The van der Waals surface area contributed by atoms with E-state index in [1.54, 1.807) is 0 Å². The molecule has 2 aromatic carbocycles. The van der Waals surface area contributed by atoms with Crippen molar-refractivity contribution in [2.75, 3.05) is 5.32 Å². The average Bonchev–Trinajstić information content (AvgIpc) is 3.12. The molecule has 0 aliphatic carbocycles. The lowest BCUT2D eigenvalue weighted by molar-refractivity contribution is -0.115. The standard InChI is InChI=1S/C20H22N4OS/c1-4-15-7-9-16(10-8-15)18-22-20(24-23-18)26-14(3)19(25)21-17-11-5-13(2)6-12-17/h5-12,14H,4H2,1-3H3,(H,21,25)(H,22,23,24)/t14-/m1/s1. The molecule has 0 fully saturated rings. The summed E-state index contributed by atoms with van der Waals surface area (Å²) in [5, 5.41) is 10.3. The number of hydrogen-bond acceptors (Lipinski definition) is 4. The molecule has 0 aliphatic heterocycles. The third-order valence-corrected chi connectivity index (χ3v) is 5.03. The lowest BCUT2D eigenvalue weighted by Crippen LogP contribution is -2.22. The van der Waals surface area contributed by atoms with Crippen molar-refractivity contribution in [3.05, 3.63) is 59.7 Å². The number of amides is 1. The van der Waals surface area contributed by atoms with Crippen LogP contribution in [0.5, 0.6) is 0 Å². The normalized spacial score (nSPS) is 12.0. The van der Waals surface area contributed by atoms with Crippen molar-refractivity contribution in [2.45, 2.75) is 37.6 Å². The van der Waals surface area contributed by atoms with Crippen LogP contribution in [-0.2, 0) is 11.2 Å². The Morgan fingerprint density at radius 3 is 2.50 bits per heavy atom. The number of nitrogens with zero attached hydrogens (tertiary/aromatic N) is 2. The van der Waals surface area contributed by atoms with Gasteiger partial charge in [0, 0.05) is 11.3 Å². The average molecular weight is 366 g/mol. The van der Waals surface area contributed by atoms with Crippen molar-refractivity contribution in [2.24, 2.45) is 0 Å². The molecule has 134 valence electrons. The molecular formula is C20H22N4OS. The number of H-pyrrole nitrogens is 1. The molecule has 0 saturated heterocycles. The zero-order valence-corrected chi connectivity index (χ0v) is 15.9. The zero-order chi connectivity index (χ0) is 18.5. The summed E-state index contributed by atoms with van der Waals surface area (Å²) in [5.74, 6) is 0.638. The second kappa shape index (κ2) is 8.19. The Bertz CT molecular complexity index is 872. The van der Waals surface area contributed by atoms with E-state index in [-0.39, 0.29) is 11.2 Å². The van der Waals surface area contributed by atoms with Crippen molar-refractivity contribution in [1.29, 1.82) is 0 Å². The van der Waals surface area contributed by atoms with Crippen LogP contribution in [0, 0.1) is 6.92 Å². The first-order valence-corrected chi connectivity index (χ1v) is 9.49. The number of anilines is 1. The largest absolute Gasteiger partial charge is 0.325 e. The maximum absolute atomic E-state index is 12.4. The van der Waals surface area contributed by atoms with Crippen molar-refractivity contribution in [3.63, 3.8) is 0 Å². The van der Waals surface area contributed by atoms with Gasteiger partial charge >= 0.3 is 0 Å². The first-order chi connectivity index (χ1) is 12.5. The molecule has 1 heterocycles. The monoisotopic (exact) mass is 366 g/mol. The van der Waals surface area contributed by atoms with Crippen molar-refractivity contribution < 1.29 is 4.79 Å². The van der Waals surface area contributed by atoms with Gasteiger partial charge in [0.25, 0.3) is 0 Å². The third kappa shape index (κ3) is 4.52. The minimum Gasteiger partial charge on any atom is -0.325 e. The van der Waals surface area contributed by atoms with Crippen LogP contribution < -0.4 is 5.32 Å². The van der Waals surface area contributed by atoms with Gasteiger partial charge < -0.3 is 5.32 Å². The van der Waals surface area contributed by atoms with Crippen molar-refractivity contribution >= 4 is 23.4 Å². The summed E-state index contributed by atoms with van der Waals surface area (Å²) in [7, 11) is 0. The number of thioether (sulfide) groups is 1. The number of aromatic nitrogens is 3. The van der Waals surface area contributed by atoms with Gasteiger partial charge in [-0.1, -0.05) is 60.6 Å². The summed E-state index contributed by atoms with van der Waals surface area (Å²) in [6.45, 7) is 5.99. The Morgan fingerprint density at radius 2 is 1.85 bits per heavy atom. The van der Waals surface area contributed by atoms with Crippen LogP contribution in [0.2, 0.25) is 0 Å². The van der Waals surface area contributed by atoms with Crippen LogP contribution in [0.1, 0.15) is 25.0 Å². The van der Waals surface area contributed by atoms with E-state index < -0.39 is 0 Å². The van der Waals surface area contributed by atoms with Gasteiger partial charge in [0.15, 0.2) is 5.82 Å². The fourth-order valence-corrected chi connectivity index (χ4v) is 3.14. The Morgan fingerprint density at radius 1 is 1.15 bits per heavy atom. The van der Waals surface area contributed by atoms with Gasteiger partial charge in [0.1, 0.15) is 0 Å². The molecular weight excluding hydrogens is 344 g/mol. The van der Waals surface area contributed by atoms with E-state index >= 15 is 0 Å². The van der Waals surface area contributed by atoms with Gasteiger partial charge in [0.05, 0.1) is 5.25 Å². The Kier molecular flexibility index (Phi) is 5.73. The molecule has 0 saturated carbocycles. The lowest BCUT2D eigenvalue weighted by Gasteiger charge is -2.10. The van der Waals surface area contributed by atoms with E-state index in [1.807, 2.05) is 50.2 Å². The molecule has 0 unspecified atom stereocenters. The number of carbonyl (C=O) groups is 1. The van der Waals surface area contributed by atoms with E-state index in [0.29, 0.717) is 11.0 Å². The highest BCUT2D eigenvalue weighted by molar-refractivity contribution is 8.00. The van der Waals surface area contributed by atoms with E-state index in [0.717, 1.165) is 23.2 Å². The molecule has 1 amide bonds. The number of hydrogen-bond donors (Lipinski definition) is 2. The Balaban J connectivity index is 1.62. The molecule has 6 heteroatoms. The predicted molar refractivity (Wildman–Crippen MR) is 106 cm³/mol. The third-order valence-electron chi connectivity index (χ3n) is 4.07. The fourth-order valence-electron chi connectivity index (χ4n) is 2.42. The van der Waals surface area contributed by atoms with Crippen molar-refractivity contribution in [1.82, 2.24) is 15.2 Å². The first kappa shape index (κ1) is 18.2. The number of nitrogens with one attached hydrogen (secondary N) is 2. The van der Waals surface area contributed by atoms with Gasteiger partial charge in [0.2, 0.25) is 11.1 Å². The number of rotatable bonds is 6. The molecule has 0 aliphatic rings. The highest BCUT2D eigenvalue weighted by Gasteiger charge is 2.17. The summed E-state index contributed by atoms with van der Waals surface area (Å²) in [6, 6.07) is 16.0. The minimum atomic E-state index is -0.303. The van der Waals surface area contributed by atoms with Crippen LogP contribution in [0.15, 0.2) is 53.7 Å². The smallest absolute Gasteiger partial charge is 0.237 e. The lowest BCUT2D eigenvalue weighted by atomic mass is 10.1. The van der Waals surface area contributed by atoms with E-state index in [1.165, 1.54) is 17.3 Å². The topological polar surface area (TPSA) is 70.7 Å². The van der Waals surface area contributed by atoms with Crippen LogP contribution >= 0.6 is 11.8 Å². The summed E-state index contributed by atoms with van der Waals surface area (Å²) in [5.41, 5.74) is 4.22. The highest BCUT2D eigenvalue weighted by Crippen LogP contribution is 2.24. The second-order valence-corrected chi connectivity index (χ2v) is 7.44. The molecule has 2 N–H and O–H groups in total. The van der Waals surface area contributed by atoms with E-state index in [2.05, 4.69) is 39.6 Å². The second-order valence-electron chi connectivity index (χ2n) is 6.13. The molecule has 0 radical (unpaired) electrons. The maximum Gasteiger partial charge on any atom is 0.237 e. The molecule has 5 nitrogen and oxygen atoms in total. The SMILES string of the molecule is CCc1ccc(-c2nc(S[C@H](C)C(=O)Nc3ccc(C)cc3)n[nH]2)cc1. The maximum atomic E-state index is 12.4. The number of aromatic amines is 1. The quantitative estimate of drug-likeness (QED) is 0.632. The number of carbonyl (C=O) groups excluding carboxylic acids is 1. The van der Waals surface area contributed by atoms with E-state index in [9.17, 15) is 4.79 Å². The van der Waals surface area contributed by atoms with Gasteiger partial charge in [-0.2, -0.15) is 0 Å². The molecule has 1 aromatic heterocycles. The molecule has 0 spiro atoms. The van der Waals surface area contributed by atoms with Crippen molar-refractivity contribution in [3.8, 4) is 11.4 Å². The number of benzene rings is 2. The van der Waals surface area contributed by atoms with Gasteiger partial charge in [-0.15, -0.1) is 5.10 Å². The van der Waals surface area contributed by atoms with E-state index in [4.69, 9.17) is 0 Å². The molecule has 1 atom stereocenters. The summed E-state index contributed by atoms with van der Waals surface area (Å²) >= 11 is 1.33. The molecule has 0 bridgehead atoms. The Labute approximate surface area is 157 Å². The van der Waals surface area contributed by atoms with Crippen LogP contribution in [0.25, 0.3) is 11.4 Å². The highest BCUT2D eigenvalue weighted by atomic mass is 32.2. The predicted octanol–water partition coefficient (Wildman–Crippen LogP) is 4.46. The van der Waals surface area contributed by atoms with Crippen LogP contribution in [0.4, 0.5) is 5.69 Å². The van der Waals surface area contributed by atoms with Gasteiger partial charge in [-0.25, -0.2) is 4.98 Å². The summed E-state index contributed by atoms with van der Waals surface area (Å²) in [4.78, 5) is 16.8. The Hall–Kier alpha value is -2.60. The van der Waals surface area contributed by atoms with Gasteiger partial charge in [-0.3, -0.25) is 9.89 Å². The summed E-state index contributed by atoms with van der Waals surface area (Å²) < 4.78 is 0. The molecule has 3 aromatic rings. The minimum absolute atomic E-state index is 0.0718. The summed E-state index contributed by atoms with van der Waals surface area (Å²) in [6.07, 6.45) is 1.01. The van der Waals surface area contributed by atoms with Crippen LogP contribution in [-0.4, -0.2) is 26.3 Å². The number of aryl methyl sites for hydroxylation is 2. The van der Waals surface area contributed by atoms with Crippen LogP contribution in [0.3, 0.4) is 0 Å². The zero-order valence-electron chi connectivity index (χ0n) is 15.1. The molecule has 26 heavy (non-hydrogen) atoms.